The van der Waals surface area contributed by atoms with Crippen LogP contribution in [0.3, 0.4) is 0 Å². The number of hydrogen-bond donors (Lipinski definition) is 1. The Hall–Kier alpha value is -3.20. The Bertz CT molecular complexity index is 1310. The zero-order valence-electron chi connectivity index (χ0n) is 21.7. The lowest BCUT2D eigenvalue weighted by Gasteiger charge is -2.26. The van der Waals surface area contributed by atoms with E-state index in [-0.39, 0.29) is 12.5 Å². The van der Waals surface area contributed by atoms with E-state index in [2.05, 4.69) is 22.3 Å². The summed E-state index contributed by atoms with van der Waals surface area (Å²) in [5.74, 6) is -0.167. The number of rotatable bonds is 9. The van der Waals surface area contributed by atoms with Gasteiger partial charge in [-0.2, -0.15) is 0 Å². The van der Waals surface area contributed by atoms with Crippen LogP contribution in [0.5, 0.6) is 0 Å². The normalized spacial score (nSPS) is 14.4. The number of carbonyl (C=O) groups excluding carboxylic acids is 1. The Morgan fingerprint density at radius 2 is 1.54 bits per heavy atom. The summed E-state index contributed by atoms with van der Waals surface area (Å²) in [6, 6.07) is 21.1. The number of nitrogens with zero attached hydrogens (tertiary/aromatic N) is 2. The highest BCUT2D eigenvalue weighted by atomic mass is 32.2. The lowest BCUT2D eigenvalue weighted by atomic mass is 10.1. The Balaban J connectivity index is 1.38. The number of sulfonamides is 1. The van der Waals surface area contributed by atoms with Crippen molar-refractivity contribution in [3.63, 3.8) is 0 Å². The van der Waals surface area contributed by atoms with Crippen LogP contribution in [-0.4, -0.2) is 51.8 Å². The van der Waals surface area contributed by atoms with Crippen LogP contribution in [0.15, 0.2) is 66.7 Å². The fraction of sp³-hybridized carbons (Fsp3) is 0.345. The van der Waals surface area contributed by atoms with Crippen LogP contribution in [0.25, 0.3) is 0 Å². The highest BCUT2D eigenvalue weighted by Crippen LogP contribution is 2.28. The van der Waals surface area contributed by atoms with Crippen molar-refractivity contribution in [2.24, 2.45) is 0 Å². The van der Waals surface area contributed by atoms with Gasteiger partial charge >= 0.3 is 0 Å². The van der Waals surface area contributed by atoms with E-state index >= 15 is 0 Å². The smallest absolute Gasteiger partial charge is 0.251 e. The number of carbonyl (C=O) groups is 1. The van der Waals surface area contributed by atoms with Gasteiger partial charge in [-0.15, -0.1) is 0 Å². The van der Waals surface area contributed by atoms with Crippen LogP contribution in [-0.2, 0) is 34.4 Å². The number of benzene rings is 3. The first kappa shape index (κ1) is 26.9. The Kier molecular flexibility index (Phi) is 8.63. The zero-order valence-corrected chi connectivity index (χ0v) is 22.6. The first-order valence-corrected chi connectivity index (χ1v) is 14.3. The molecule has 0 aromatic heterocycles. The molecule has 1 aliphatic rings. The standard InChI is InChI=1S/C29H35N3O4S/c1-22-6-4-7-23(2)28(22)32(37(3,34)35)21-24-10-12-27(13-11-24)29(33)30-19-25-8-5-9-26(18-25)20-31-14-16-36-17-15-31/h4-13,18H,14-17,19-21H2,1-3H3,(H,30,33). The number of amides is 1. The summed E-state index contributed by atoms with van der Waals surface area (Å²) in [4.78, 5) is 15.2. The average Bonchev–Trinajstić information content (AvgIpc) is 2.87. The third kappa shape index (κ3) is 7.19. The number of morpholine rings is 1. The lowest BCUT2D eigenvalue weighted by molar-refractivity contribution is 0.0342. The molecule has 3 aromatic carbocycles. The summed E-state index contributed by atoms with van der Waals surface area (Å²) in [5, 5.41) is 2.99. The van der Waals surface area contributed by atoms with E-state index in [1.165, 1.54) is 16.1 Å². The minimum Gasteiger partial charge on any atom is -0.379 e. The molecular weight excluding hydrogens is 486 g/mol. The Morgan fingerprint density at radius 1 is 0.919 bits per heavy atom. The minimum absolute atomic E-state index is 0.167. The quantitative estimate of drug-likeness (QED) is 0.460. The van der Waals surface area contributed by atoms with Crippen molar-refractivity contribution in [2.45, 2.75) is 33.5 Å². The van der Waals surface area contributed by atoms with Gasteiger partial charge in [0, 0.05) is 31.7 Å². The average molecular weight is 522 g/mol. The second-order valence-corrected chi connectivity index (χ2v) is 11.5. The van der Waals surface area contributed by atoms with Gasteiger partial charge in [0.2, 0.25) is 10.0 Å². The second-order valence-electron chi connectivity index (χ2n) is 9.60. The molecule has 1 heterocycles. The molecule has 1 aliphatic heterocycles. The predicted octanol–water partition coefficient (Wildman–Crippen LogP) is 4.03. The molecule has 0 atom stereocenters. The van der Waals surface area contributed by atoms with Gasteiger partial charge in [0.25, 0.3) is 5.91 Å². The summed E-state index contributed by atoms with van der Waals surface area (Å²) < 4.78 is 32.1. The van der Waals surface area contributed by atoms with Crippen molar-refractivity contribution in [3.8, 4) is 0 Å². The number of hydrogen-bond acceptors (Lipinski definition) is 5. The molecule has 0 spiro atoms. The monoisotopic (exact) mass is 521 g/mol. The van der Waals surface area contributed by atoms with Crippen LogP contribution >= 0.6 is 0 Å². The van der Waals surface area contributed by atoms with Gasteiger partial charge in [-0.05, 0) is 53.8 Å². The first-order chi connectivity index (χ1) is 17.7. The van der Waals surface area contributed by atoms with Crippen molar-refractivity contribution >= 4 is 21.6 Å². The Labute approximate surface area is 220 Å². The number of para-hydroxylation sites is 1. The van der Waals surface area contributed by atoms with Gasteiger partial charge in [-0.3, -0.25) is 14.0 Å². The fourth-order valence-corrected chi connectivity index (χ4v) is 5.63. The second kappa shape index (κ2) is 11.9. The maximum absolute atomic E-state index is 12.8. The number of nitrogens with one attached hydrogen (secondary N) is 1. The summed E-state index contributed by atoms with van der Waals surface area (Å²) in [6.45, 7) is 8.73. The van der Waals surface area contributed by atoms with E-state index < -0.39 is 10.0 Å². The van der Waals surface area contributed by atoms with Gasteiger partial charge in [0.05, 0.1) is 31.7 Å². The molecule has 0 aliphatic carbocycles. The van der Waals surface area contributed by atoms with Gasteiger partial charge in [-0.25, -0.2) is 8.42 Å². The molecule has 3 aromatic rings. The van der Waals surface area contributed by atoms with Gasteiger partial charge in [0.15, 0.2) is 0 Å². The fourth-order valence-electron chi connectivity index (χ4n) is 4.63. The number of aryl methyl sites for hydroxylation is 2. The summed E-state index contributed by atoms with van der Waals surface area (Å²) in [7, 11) is -3.50. The van der Waals surface area contributed by atoms with Gasteiger partial charge in [0.1, 0.15) is 0 Å². The predicted molar refractivity (Wildman–Crippen MR) is 147 cm³/mol. The first-order valence-electron chi connectivity index (χ1n) is 12.5. The number of anilines is 1. The highest BCUT2D eigenvalue weighted by Gasteiger charge is 2.21. The highest BCUT2D eigenvalue weighted by molar-refractivity contribution is 7.92. The van der Waals surface area contributed by atoms with E-state index in [1.807, 2.05) is 56.3 Å². The van der Waals surface area contributed by atoms with E-state index in [0.29, 0.717) is 17.8 Å². The molecule has 1 saturated heterocycles. The number of ether oxygens (including phenoxy) is 1. The molecule has 1 N–H and O–H groups in total. The van der Waals surface area contributed by atoms with Crippen molar-refractivity contribution in [1.29, 1.82) is 0 Å². The molecule has 0 radical (unpaired) electrons. The van der Waals surface area contributed by atoms with Crippen molar-refractivity contribution in [3.05, 3.63) is 100 Å². The third-order valence-electron chi connectivity index (χ3n) is 6.59. The molecule has 1 amide bonds. The SMILES string of the molecule is Cc1cccc(C)c1N(Cc1ccc(C(=O)NCc2cccc(CN3CCOCC3)c2)cc1)S(C)(=O)=O. The summed E-state index contributed by atoms with van der Waals surface area (Å²) in [6.07, 6.45) is 1.22. The van der Waals surface area contributed by atoms with E-state index in [4.69, 9.17) is 4.74 Å². The molecule has 0 unspecified atom stereocenters. The van der Waals surface area contributed by atoms with Crippen LogP contribution in [0.2, 0.25) is 0 Å². The molecule has 196 valence electrons. The van der Waals surface area contributed by atoms with Crippen LogP contribution < -0.4 is 9.62 Å². The van der Waals surface area contributed by atoms with E-state index in [9.17, 15) is 13.2 Å². The molecule has 1 fully saturated rings. The zero-order chi connectivity index (χ0) is 26.4. The van der Waals surface area contributed by atoms with E-state index in [1.54, 1.807) is 12.1 Å². The molecule has 0 saturated carbocycles. The molecule has 8 heteroatoms. The van der Waals surface area contributed by atoms with Gasteiger partial charge in [-0.1, -0.05) is 54.6 Å². The lowest BCUT2D eigenvalue weighted by Crippen LogP contribution is -2.35. The molecule has 0 bridgehead atoms. The van der Waals surface area contributed by atoms with Crippen LogP contribution in [0.4, 0.5) is 5.69 Å². The maximum atomic E-state index is 12.8. The topological polar surface area (TPSA) is 79.0 Å². The third-order valence-corrected chi connectivity index (χ3v) is 7.70. The van der Waals surface area contributed by atoms with Crippen molar-refractivity contribution in [1.82, 2.24) is 10.2 Å². The van der Waals surface area contributed by atoms with E-state index in [0.717, 1.165) is 55.1 Å². The molecule has 4 rings (SSSR count). The van der Waals surface area contributed by atoms with Crippen LogP contribution in [0.1, 0.15) is 38.2 Å². The molecular formula is C29H35N3O4S. The summed E-state index contributed by atoms with van der Waals surface area (Å²) >= 11 is 0. The molecule has 37 heavy (non-hydrogen) atoms. The van der Waals surface area contributed by atoms with Crippen LogP contribution in [0, 0.1) is 13.8 Å². The van der Waals surface area contributed by atoms with Crippen molar-refractivity contribution < 1.29 is 17.9 Å². The summed E-state index contributed by atoms with van der Waals surface area (Å²) in [5.41, 5.74) is 6.10. The molecule has 7 nitrogen and oxygen atoms in total. The Morgan fingerprint density at radius 3 is 2.19 bits per heavy atom. The minimum atomic E-state index is -3.50. The van der Waals surface area contributed by atoms with Gasteiger partial charge < -0.3 is 10.1 Å². The maximum Gasteiger partial charge on any atom is 0.251 e. The largest absolute Gasteiger partial charge is 0.379 e. The van der Waals surface area contributed by atoms with Crippen molar-refractivity contribution in [2.75, 3.05) is 36.9 Å².